The molecule has 4 aromatic carbocycles. The molecule has 2 heteroatoms. The third kappa shape index (κ3) is 7.24. The van der Waals surface area contributed by atoms with Gasteiger partial charge in [-0.3, -0.25) is 4.79 Å². The number of aliphatic hydroxyl groups is 1. The number of fused-ring (bicyclic) bond motifs is 3. The van der Waals surface area contributed by atoms with Gasteiger partial charge in [0.25, 0.3) is 0 Å². The fourth-order valence-electron chi connectivity index (χ4n) is 6.73. The minimum atomic E-state index is -0.386. The van der Waals surface area contributed by atoms with E-state index >= 15 is 0 Å². The third-order valence-corrected chi connectivity index (χ3v) is 9.43. The van der Waals surface area contributed by atoms with Crippen molar-refractivity contribution in [3.63, 3.8) is 0 Å². The molecule has 0 saturated heterocycles. The minimum Gasteiger partial charge on any atom is -0.396 e. The number of aryl methyl sites for hydroxylation is 2. The van der Waals surface area contributed by atoms with Crippen LogP contribution in [0.5, 0.6) is 0 Å². The van der Waals surface area contributed by atoms with Crippen LogP contribution in [-0.4, -0.2) is 17.5 Å². The molecule has 2 nitrogen and oxygen atoms in total. The standard InChI is InChI=1S/C38H42O2.C4H10/c1-3-30(4-2)37(40)18-10-5-12-28-19-23-31(24-20-28)38(32-25-21-29(22-26-32)13-11-27-39)35-16-8-6-14-33(35)34-15-7-9-17-36(34)38;1-3-4-2/h6-9,14-17,19-26,30,39H,3-5,10-13,18,27H2,1-2H3;3-4H2,1-2H3. The van der Waals surface area contributed by atoms with Gasteiger partial charge in [-0.25, -0.2) is 0 Å². The molecule has 0 unspecified atom stereocenters. The second kappa shape index (κ2) is 16.5. The van der Waals surface area contributed by atoms with Crippen molar-refractivity contribution >= 4 is 5.78 Å². The molecule has 0 atom stereocenters. The zero-order valence-corrected chi connectivity index (χ0v) is 27.4. The molecule has 44 heavy (non-hydrogen) atoms. The van der Waals surface area contributed by atoms with Gasteiger partial charge in [0.05, 0.1) is 5.41 Å². The van der Waals surface area contributed by atoms with Gasteiger partial charge in [0.1, 0.15) is 5.78 Å². The largest absolute Gasteiger partial charge is 0.396 e. The Balaban J connectivity index is 0.00000104. The topological polar surface area (TPSA) is 37.3 Å². The van der Waals surface area contributed by atoms with Crippen molar-refractivity contribution < 1.29 is 9.90 Å². The lowest BCUT2D eigenvalue weighted by molar-refractivity contribution is -0.123. The van der Waals surface area contributed by atoms with Crippen LogP contribution >= 0.6 is 0 Å². The van der Waals surface area contributed by atoms with Crippen molar-refractivity contribution in [3.05, 3.63) is 130 Å². The number of rotatable bonds is 14. The van der Waals surface area contributed by atoms with Gasteiger partial charge in [-0.1, -0.05) is 138 Å². The molecule has 0 aromatic heterocycles. The number of hydrogen-bond acceptors (Lipinski definition) is 2. The molecule has 0 aliphatic heterocycles. The number of Topliss-reactive ketones (excluding diaryl/α,β-unsaturated/α-hetero) is 1. The predicted octanol–water partition coefficient (Wildman–Crippen LogP) is 10.5. The van der Waals surface area contributed by atoms with Crippen molar-refractivity contribution in [1.29, 1.82) is 0 Å². The maximum atomic E-state index is 12.4. The Hall–Kier alpha value is -3.49. The average molecular weight is 589 g/mol. The summed E-state index contributed by atoms with van der Waals surface area (Å²) in [6.45, 7) is 8.81. The van der Waals surface area contributed by atoms with Crippen molar-refractivity contribution in [2.24, 2.45) is 5.92 Å². The van der Waals surface area contributed by atoms with E-state index in [1.54, 1.807) is 0 Å². The van der Waals surface area contributed by atoms with E-state index in [1.165, 1.54) is 57.3 Å². The van der Waals surface area contributed by atoms with Crippen molar-refractivity contribution in [3.8, 4) is 11.1 Å². The molecule has 0 fully saturated rings. The number of carbonyl (C=O) groups is 1. The summed E-state index contributed by atoms with van der Waals surface area (Å²) in [4.78, 5) is 12.4. The molecule has 4 aromatic rings. The molecule has 1 aliphatic rings. The van der Waals surface area contributed by atoms with Gasteiger partial charge in [0, 0.05) is 18.9 Å². The summed E-state index contributed by atoms with van der Waals surface area (Å²) < 4.78 is 0. The first kappa shape index (κ1) is 33.4. The molecular weight excluding hydrogens is 536 g/mol. The van der Waals surface area contributed by atoms with E-state index in [1.807, 2.05) is 0 Å². The van der Waals surface area contributed by atoms with Gasteiger partial charge < -0.3 is 5.11 Å². The SMILES string of the molecule is CCC(CC)C(=O)CCCCc1ccc(C2(c3ccc(CCCO)cc3)c3ccccc3-c3ccccc32)cc1.CCCC. The molecule has 0 heterocycles. The fourth-order valence-corrected chi connectivity index (χ4v) is 6.73. The van der Waals surface area contributed by atoms with Crippen LogP contribution < -0.4 is 0 Å². The Morgan fingerprint density at radius 3 is 1.50 bits per heavy atom. The lowest BCUT2D eigenvalue weighted by Crippen LogP contribution is -2.28. The first-order valence-electron chi connectivity index (χ1n) is 17.1. The number of benzene rings is 4. The molecule has 232 valence electrons. The van der Waals surface area contributed by atoms with E-state index < -0.39 is 0 Å². The summed E-state index contributed by atoms with van der Waals surface area (Å²) in [7, 11) is 0. The maximum Gasteiger partial charge on any atom is 0.135 e. The zero-order chi connectivity index (χ0) is 31.4. The molecular formula is C42H52O2. The number of unbranched alkanes of at least 4 members (excludes halogenated alkanes) is 2. The van der Waals surface area contributed by atoms with Gasteiger partial charge >= 0.3 is 0 Å². The summed E-state index contributed by atoms with van der Waals surface area (Å²) in [6.07, 6.45) is 9.91. The summed E-state index contributed by atoms with van der Waals surface area (Å²) in [6, 6.07) is 35.9. The normalized spacial score (nSPS) is 12.8. The second-order valence-electron chi connectivity index (χ2n) is 12.2. The Morgan fingerprint density at radius 1 is 0.614 bits per heavy atom. The van der Waals surface area contributed by atoms with Crippen LogP contribution in [0, 0.1) is 5.92 Å². The number of hydrogen-bond donors (Lipinski definition) is 1. The Bertz CT molecular complexity index is 1400. The molecule has 0 bridgehead atoms. The molecule has 0 spiro atoms. The number of ketones is 1. The quantitative estimate of drug-likeness (QED) is 0.131. The highest BCUT2D eigenvalue weighted by Gasteiger charge is 2.45. The Labute approximate surface area is 266 Å². The summed E-state index contributed by atoms with van der Waals surface area (Å²) in [5, 5.41) is 9.31. The summed E-state index contributed by atoms with van der Waals surface area (Å²) >= 11 is 0. The predicted molar refractivity (Wildman–Crippen MR) is 186 cm³/mol. The Morgan fingerprint density at radius 2 is 1.07 bits per heavy atom. The highest BCUT2D eigenvalue weighted by Crippen LogP contribution is 2.55. The zero-order valence-electron chi connectivity index (χ0n) is 27.4. The van der Waals surface area contributed by atoms with Gasteiger partial charge in [0.15, 0.2) is 0 Å². The molecule has 0 amide bonds. The fraction of sp³-hybridized carbons (Fsp3) is 0.405. The highest BCUT2D eigenvalue weighted by atomic mass is 16.2. The lowest BCUT2D eigenvalue weighted by Gasteiger charge is -2.34. The van der Waals surface area contributed by atoms with Crippen LogP contribution in [0.25, 0.3) is 11.1 Å². The number of aliphatic hydroxyl groups excluding tert-OH is 1. The third-order valence-electron chi connectivity index (χ3n) is 9.43. The van der Waals surface area contributed by atoms with Gasteiger partial charge in [-0.2, -0.15) is 0 Å². The monoisotopic (exact) mass is 588 g/mol. The van der Waals surface area contributed by atoms with E-state index in [-0.39, 0.29) is 17.9 Å². The first-order chi connectivity index (χ1) is 21.5. The molecule has 5 rings (SSSR count). The number of carbonyl (C=O) groups excluding carboxylic acids is 1. The van der Waals surface area contributed by atoms with Gasteiger partial charge in [0.2, 0.25) is 0 Å². The molecule has 1 aliphatic carbocycles. The van der Waals surface area contributed by atoms with Crippen molar-refractivity contribution in [1.82, 2.24) is 0 Å². The Kier molecular flexibility index (Phi) is 12.6. The van der Waals surface area contributed by atoms with Crippen molar-refractivity contribution in [2.75, 3.05) is 6.61 Å². The van der Waals surface area contributed by atoms with E-state index in [4.69, 9.17) is 0 Å². The average Bonchev–Trinajstić information content (AvgIpc) is 3.38. The van der Waals surface area contributed by atoms with Crippen LogP contribution in [0.15, 0.2) is 97.1 Å². The van der Waals surface area contributed by atoms with Crippen LogP contribution in [0.2, 0.25) is 0 Å². The van der Waals surface area contributed by atoms with Gasteiger partial charge in [-0.15, -0.1) is 0 Å². The van der Waals surface area contributed by atoms with Gasteiger partial charge in [-0.05, 0) is 89.5 Å². The van der Waals surface area contributed by atoms with E-state index in [0.29, 0.717) is 12.2 Å². The van der Waals surface area contributed by atoms with E-state index in [2.05, 4.69) is 125 Å². The van der Waals surface area contributed by atoms with Crippen molar-refractivity contribution in [2.45, 2.75) is 97.3 Å². The van der Waals surface area contributed by atoms with Crippen LogP contribution in [-0.2, 0) is 23.1 Å². The second-order valence-corrected chi connectivity index (χ2v) is 12.2. The lowest BCUT2D eigenvalue weighted by atomic mass is 9.67. The van der Waals surface area contributed by atoms with Crippen LogP contribution in [0.1, 0.15) is 112 Å². The van der Waals surface area contributed by atoms with E-state index in [9.17, 15) is 9.90 Å². The first-order valence-corrected chi connectivity index (χ1v) is 17.1. The maximum absolute atomic E-state index is 12.4. The summed E-state index contributed by atoms with van der Waals surface area (Å²) in [5.74, 6) is 0.666. The van der Waals surface area contributed by atoms with Crippen LogP contribution in [0.3, 0.4) is 0 Å². The smallest absolute Gasteiger partial charge is 0.135 e. The minimum absolute atomic E-state index is 0.215. The van der Waals surface area contributed by atoms with Crippen LogP contribution in [0.4, 0.5) is 0 Å². The molecule has 1 N–H and O–H groups in total. The van der Waals surface area contributed by atoms with E-state index in [0.717, 1.165) is 44.9 Å². The summed E-state index contributed by atoms with van der Waals surface area (Å²) in [5.41, 5.74) is 9.99. The highest BCUT2D eigenvalue weighted by molar-refractivity contribution is 5.86. The molecule has 0 saturated carbocycles. The molecule has 0 radical (unpaired) electrons.